The molecule has 3 aromatic rings. The van der Waals surface area contributed by atoms with Crippen molar-refractivity contribution >= 4 is 35.0 Å². The van der Waals surface area contributed by atoms with E-state index in [2.05, 4.69) is 82.2 Å². The van der Waals surface area contributed by atoms with Crippen LogP contribution in [0, 0.1) is 0 Å². The molecule has 6 heteroatoms. The fourth-order valence-electron chi connectivity index (χ4n) is 5.55. The molecule has 0 aromatic heterocycles. The van der Waals surface area contributed by atoms with Gasteiger partial charge in [-0.3, -0.25) is 0 Å². The number of rotatable bonds is 5. The zero-order valence-corrected chi connectivity index (χ0v) is 23.1. The molecule has 1 amide bonds. The molecule has 1 saturated heterocycles. The van der Waals surface area contributed by atoms with Crippen LogP contribution in [-0.2, 0) is 14.3 Å². The maximum atomic E-state index is 12.3. The van der Waals surface area contributed by atoms with Crippen molar-refractivity contribution < 1.29 is 19.4 Å². The van der Waals surface area contributed by atoms with Crippen molar-refractivity contribution in [1.82, 2.24) is 5.32 Å². The van der Waals surface area contributed by atoms with Crippen LogP contribution in [0.5, 0.6) is 0 Å². The molecule has 0 radical (unpaired) electrons. The molecule has 2 fully saturated rings. The number of aliphatic hydroxyl groups is 1. The topological polar surface area (TPSA) is 67.8 Å². The molecule has 3 aromatic carbocycles. The number of nitrogens with one attached hydrogen (secondary N) is 1. The van der Waals surface area contributed by atoms with E-state index in [0.29, 0.717) is 0 Å². The van der Waals surface area contributed by atoms with Crippen LogP contribution >= 0.6 is 0 Å². The molecule has 0 spiro atoms. The Hall–Kier alpha value is -2.45. The van der Waals surface area contributed by atoms with Gasteiger partial charge in [0.1, 0.15) is 0 Å². The average Bonchev–Trinajstić information content (AvgIpc) is 3.30. The van der Waals surface area contributed by atoms with E-state index in [0.717, 1.165) is 5.57 Å². The van der Waals surface area contributed by atoms with Crippen molar-refractivity contribution in [3.05, 3.63) is 101 Å². The fraction of sp³-hybridized carbons (Fsp3) is 0.276. The normalized spacial score (nSPS) is 26.5. The molecule has 2 aliphatic rings. The quantitative estimate of drug-likeness (QED) is 0.457. The van der Waals surface area contributed by atoms with Crippen LogP contribution in [0.3, 0.4) is 0 Å². The Kier molecular flexibility index (Phi) is 6.61. The number of amides is 1. The Balaban J connectivity index is 1.77. The summed E-state index contributed by atoms with van der Waals surface area (Å²) in [5.41, 5.74) is 0.776. The van der Waals surface area contributed by atoms with Crippen molar-refractivity contribution in [2.75, 3.05) is 0 Å². The summed E-state index contributed by atoms with van der Waals surface area (Å²) in [6, 6.07) is 31.2. The summed E-state index contributed by atoms with van der Waals surface area (Å²) in [5.74, 6) is -0.987. The molecule has 1 aliphatic heterocycles. The number of ether oxygens (including phenoxy) is 2. The Bertz CT molecular complexity index is 1120. The van der Waals surface area contributed by atoms with Crippen LogP contribution in [0.15, 0.2) is 101 Å². The number of aliphatic hydroxyl groups excluding tert-OH is 1. The Labute approximate surface area is 210 Å². The molecule has 2 N–H and O–H groups in total. The van der Waals surface area contributed by atoms with Gasteiger partial charge in [-0.05, 0) is 0 Å². The maximum absolute atomic E-state index is 12.3. The molecule has 35 heavy (non-hydrogen) atoms. The Morgan fingerprint density at radius 3 is 1.69 bits per heavy atom. The van der Waals surface area contributed by atoms with E-state index in [4.69, 9.17) is 9.47 Å². The minimum absolute atomic E-state index is 0.165. The van der Waals surface area contributed by atoms with Gasteiger partial charge in [0.25, 0.3) is 0 Å². The standard InChI is InChI=1S/C11H16NO4.3C6H5.Sn/c1-5-7(12-6(2)13)9-10(8(5)14)16-11(3,4)15-9;3*1-2-4-6-5-3-1;/h1,7-10,14H,2-4H3,(H,12,13);3*1-5H;/t7-,8-,9+,10-;;;;/m0..../s1. The van der Waals surface area contributed by atoms with Crippen molar-refractivity contribution in [2.24, 2.45) is 0 Å². The van der Waals surface area contributed by atoms with Gasteiger partial charge in [-0.25, -0.2) is 0 Å². The zero-order valence-electron chi connectivity index (χ0n) is 20.2. The number of benzene rings is 3. The number of carbonyl (C=O) groups excluding carboxylic acids is 1. The molecule has 0 bridgehead atoms. The van der Waals surface area contributed by atoms with E-state index in [1.54, 1.807) is 0 Å². The molecule has 1 aliphatic carbocycles. The molecule has 180 valence electrons. The minimum atomic E-state index is -3.85. The molecule has 1 saturated carbocycles. The van der Waals surface area contributed by atoms with Gasteiger partial charge in [0.15, 0.2) is 0 Å². The van der Waals surface area contributed by atoms with E-state index in [9.17, 15) is 9.90 Å². The second-order valence-electron chi connectivity index (χ2n) is 9.74. The van der Waals surface area contributed by atoms with Gasteiger partial charge in [-0.1, -0.05) is 0 Å². The van der Waals surface area contributed by atoms with E-state index < -0.39 is 48.5 Å². The molecule has 5 rings (SSSR count). The number of hydrogen-bond acceptors (Lipinski definition) is 4. The first-order valence-electron chi connectivity index (χ1n) is 12.0. The molecular weight excluding hydrogens is 545 g/mol. The summed E-state index contributed by atoms with van der Waals surface area (Å²) in [6.45, 7) is 5.18. The van der Waals surface area contributed by atoms with Crippen LogP contribution < -0.4 is 16.1 Å². The summed E-state index contributed by atoms with van der Waals surface area (Å²) in [6.07, 6.45) is -1.88. The van der Waals surface area contributed by atoms with Crippen molar-refractivity contribution in [1.29, 1.82) is 0 Å². The molecule has 0 unspecified atom stereocenters. The van der Waals surface area contributed by atoms with Gasteiger partial charge < -0.3 is 0 Å². The molecule has 5 nitrogen and oxygen atoms in total. The summed E-state index contributed by atoms with van der Waals surface area (Å²) >= 11 is -3.85. The van der Waals surface area contributed by atoms with Crippen LogP contribution in [0.2, 0.25) is 0 Å². The predicted molar refractivity (Wildman–Crippen MR) is 140 cm³/mol. The van der Waals surface area contributed by atoms with E-state index in [1.165, 1.54) is 17.7 Å². The third-order valence-electron chi connectivity index (χ3n) is 6.93. The van der Waals surface area contributed by atoms with Gasteiger partial charge in [0, 0.05) is 0 Å². The van der Waals surface area contributed by atoms with Crippen molar-refractivity contribution in [2.45, 2.75) is 50.9 Å². The Morgan fingerprint density at radius 1 is 0.829 bits per heavy atom. The van der Waals surface area contributed by atoms with E-state index in [-0.39, 0.29) is 5.91 Å². The molecule has 4 atom stereocenters. The third-order valence-corrected chi connectivity index (χ3v) is 19.8. The first kappa shape index (κ1) is 24.3. The molecular formula is C29H31NO4Sn. The number of hydrogen-bond donors (Lipinski definition) is 2. The second-order valence-corrected chi connectivity index (χ2v) is 20.1. The monoisotopic (exact) mass is 577 g/mol. The summed E-state index contributed by atoms with van der Waals surface area (Å²) in [7, 11) is 0. The summed E-state index contributed by atoms with van der Waals surface area (Å²) in [4.78, 5) is 12.3. The van der Waals surface area contributed by atoms with Crippen LogP contribution in [0.1, 0.15) is 20.8 Å². The third kappa shape index (κ3) is 4.46. The summed E-state index contributed by atoms with van der Waals surface area (Å²) in [5, 5.41) is 14.7. The van der Waals surface area contributed by atoms with Gasteiger partial charge in [-0.15, -0.1) is 0 Å². The van der Waals surface area contributed by atoms with Gasteiger partial charge in [0.2, 0.25) is 0 Å². The van der Waals surface area contributed by atoms with Crippen molar-refractivity contribution in [3.8, 4) is 0 Å². The van der Waals surface area contributed by atoms with Crippen LogP contribution in [-0.4, -0.2) is 59.5 Å². The number of fused-ring (bicyclic) bond motifs is 1. The van der Waals surface area contributed by atoms with E-state index >= 15 is 0 Å². The SMILES string of the molecule is CC(=O)N[C@H]1/C(=[CH]/[Sn]([c]2ccccc2)([c]2ccccc2)[c]2ccccc2)[C@H](O)[C@@H]2OC(C)(C)O[C@@H]21. The van der Waals surface area contributed by atoms with Gasteiger partial charge in [-0.2, -0.15) is 0 Å². The summed E-state index contributed by atoms with van der Waals surface area (Å²) < 4.78 is 18.4. The van der Waals surface area contributed by atoms with Crippen molar-refractivity contribution in [3.63, 3.8) is 0 Å². The van der Waals surface area contributed by atoms with Crippen LogP contribution in [0.25, 0.3) is 0 Å². The fourth-order valence-corrected chi connectivity index (χ4v) is 18.4. The number of carbonyl (C=O) groups is 1. The van der Waals surface area contributed by atoms with Crippen LogP contribution in [0.4, 0.5) is 0 Å². The Morgan fingerprint density at radius 2 is 1.26 bits per heavy atom. The second kappa shape index (κ2) is 9.54. The first-order chi connectivity index (χ1) is 16.8. The van der Waals surface area contributed by atoms with Gasteiger partial charge >= 0.3 is 211 Å². The predicted octanol–water partition coefficient (Wildman–Crippen LogP) is 2.02. The van der Waals surface area contributed by atoms with E-state index in [1.807, 2.05) is 32.0 Å². The first-order valence-corrected chi connectivity index (χ1v) is 17.9. The molecule has 1 heterocycles. The average molecular weight is 576 g/mol. The zero-order chi connectivity index (χ0) is 24.6. The van der Waals surface area contributed by atoms with Gasteiger partial charge in [0.05, 0.1) is 0 Å².